The van der Waals surface area contributed by atoms with E-state index in [-0.39, 0.29) is 5.95 Å². The van der Waals surface area contributed by atoms with Gasteiger partial charge in [-0.2, -0.15) is 10.1 Å². The number of likely N-dealkylation sites (tertiary alicyclic amines) is 1. The van der Waals surface area contributed by atoms with Crippen molar-refractivity contribution >= 4 is 40.9 Å². The molecule has 3 aromatic heterocycles. The number of aromatic nitrogens is 5. The van der Waals surface area contributed by atoms with Crippen molar-refractivity contribution in [2.45, 2.75) is 38.0 Å². The predicted octanol–water partition coefficient (Wildman–Crippen LogP) is 3.52. The first-order valence-electron chi connectivity index (χ1n) is 11.3. The van der Waals surface area contributed by atoms with Crippen molar-refractivity contribution in [3.63, 3.8) is 0 Å². The molecule has 10 nitrogen and oxygen atoms in total. The highest BCUT2D eigenvalue weighted by atomic mass is 32.2. The number of carboxylic acid groups (broad SMARTS) is 1. The molecule has 3 aromatic rings. The SMILES string of the molecule is COc1c(C)cnc(Cn2nc3c4c(nc(NC(=O)O)nc42)SCC(CCN2CC(F)C2)=C3)c1C. The van der Waals surface area contributed by atoms with Gasteiger partial charge < -0.3 is 9.84 Å². The number of carbonyl (C=O) groups is 1. The quantitative estimate of drug-likeness (QED) is 0.471. The van der Waals surface area contributed by atoms with Crippen molar-refractivity contribution in [1.82, 2.24) is 29.6 Å². The van der Waals surface area contributed by atoms with Crippen LogP contribution in [0, 0.1) is 13.8 Å². The largest absolute Gasteiger partial charge is 0.496 e. The second kappa shape index (κ2) is 9.42. The number of rotatable bonds is 7. The molecule has 5 heterocycles. The molecule has 2 aliphatic heterocycles. The molecule has 0 bridgehead atoms. The molecule has 12 heteroatoms. The molecule has 1 saturated heterocycles. The monoisotopic (exact) mass is 499 g/mol. The lowest BCUT2D eigenvalue weighted by Crippen LogP contribution is -2.48. The molecule has 1 amide bonds. The van der Waals surface area contributed by atoms with Crippen LogP contribution in [0.5, 0.6) is 5.75 Å². The minimum Gasteiger partial charge on any atom is -0.496 e. The van der Waals surface area contributed by atoms with Crippen LogP contribution < -0.4 is 10.1 Å². The van der Waals surface area contributed by atoms with Crippen LogP contribution in [0.2, 0.25) is 0 Å². The van der Waals surface area contributed by atoms with E-state index in [1.165, 1.54) is 17.3 Å². The van der Waals surface area contributed by atoms with Crippen LogP contribution in [0.25, 0.3) is 17.1 Å². The van der Waals surface area contributed by atoms with Gasteiger partial charge in [-0.1, -0.05) is 5.57 Å². The van der Waals surface area contributed by atoms with Gasteiger partial charge in [-0.05, 0) is 26.3 Å². The number of amides is 1. The minimum absolute atomic E-state index is 0.00406. The number of alkyl halides is 1. The van der Waals surface area contributed by atoms with Gasteiger partial charge >= 0.3 is 6.09 Å². The standard InChI is InChI=1S/C23H26FN7O3S/c1-12-7-25-17(13(2)19(12)34-3)10-31-20-18-16(29-31)6-14(4-5-30-8-15(24)9-30)11-35-21(18)27-22(26-20)28-23(32)33/h6-7,15H,4-5,8-11H2,1-3H3,(H,32,33)(H,26,27,28). The second-order valence-corrected chi connectivity index (χ2v) is 9.73. The smallest absolute Gasteiger partial charge is 0.411 e. The topological polar surface area (TPSA) is 118 Å². The van der Waals surface area contributed by atoms with E-state index in [1.54, 1.807) is 18.0 Å². The van der Waals surface area contributed by atoms with Gasteiger partial charge in [0, 0.05) is 42.7 Å². The van der Waals surface area contributed by atoms with Crippen LogP contribution in [0.4, 0.5) is 15.1 Å². The summed E-state index contributed by atoms with van der Waals surface area (Å²) >= 11 is 1.53. The Hall–Kier alpha value is -3.25. The molecule has 0 aliphatic carbocycles. The Morgan fingerprint density at radius 3 is 2.86 bits per heavy atom. The number of halogens is 1. The fraction of sp³-hybridized carbons (Fsp3) is 0.435. The first kappa shape index (κ1) is 23.5. The van der Waals surface area contributed by atoms with Crippen molar-refractivity contribution < 1.29 is 19.0 Å². The number of thioether (sulfide) groups is 1. The Bertz CT molecular complexity index is 1340. The second-order valence-electron chi connectivity index (χ2n) is 8.77. The molecule has 0 radical (unpaired) electrons. The first-order chi connectivity index (χ1) is 16.8. The summed E-state index contributed by atoms with van der Waals surface area (Å²) in [6.45, 7) is 5.99. The molecule has 5 rings (SSSR count). The number of hydrogen-bond donors (Lipinski definition) is 2. The highest BCUT2D eigenvalue weighted by molar-refractivity contribution is 7.99. The number of methoxy groups -OCH3 is 1. The summed E-state index contributed by atoms with van der Waals surface area (Å²) in [5.74, 6) is 1.47. The van der Waals surface area contributed by atoms with Crippen LogP contribution in [-0.4, -0.2) is 79.5 Å². The molecule has 2 aliphatic rings. The maximum Gasteiger partial charge on any atom is 0.411 e. The lowest BCUT2D eigenvalue weighted by atomic mass is 10.1. The molecule has 2 N–H and O–H groups in total. The maximum absolute atomic E-state index is 13.2. The van der Waals surface area contributed by atoms with Crippen LogP contribution in [-0.2, 0) is 6.54 Å². The molecular weight excluding hydrogens is 473 g/mol. The third-order valence-electron chi connectivity index (χ3n) is 6.25. The van der Waals surface area contributed by atoms with Crippen LogP contribution in [0.3, 0.4) is 0 Å². The van der Waals surface area contributed by atoms with Gasteiger partial charge in [0.25, 0.3) is 0 Å². The highest BCUT2D eigenvalue weighted by Gasteiger charge is 2.27. The van der Waals surface area contributed by atoms with E-state index in [0.29, 0.717) is 36.1 Å². The summed E-state index contributed by atoms with van der Waals surface area (Å²) < 4.78 is 20.5. The van der Waals surface area contributed by atoms with Gasteiger partial charge in [0.1, 0.15) is 16.9 Å². The van der Waals surface area contributed by atoms with Crippen LogP contribution in [0.15, 0.2) is 16.8 Å². The van der Waals surface area contributed by atoms with Crippen molar-refractivity contribution in [1.29, 1.82) is 0 Å². The van der Waals surface area contributed by atoms with E-state index in [2.05, 4.69) is 31.2 Å². The summed E-state index contributed by atoms with van der Waals surface area (Å²) in [6, 6.07) is 0. The van der Waals surface area contributed by atoms with Gasteiger partial charge in [0.05, 0.1) is 30.4 Å². The molecule has 1 fully saturated rings. The van der Waals surface area contributed by atoms with Crippen molar-refractivity contribution in [3.05, 3.63) is 34.3 Å². The number of aryl methyl sites for hydroxylation is 1. The Labute approximate surface area is 205 Å². The van der Waals surface area contributed by atoms with Crippen molar-refractivity contribution in [3.8, 4) is 5.75 Å². The van der Waals surface area contributed by atoms with Gasteiger partial charge in [-0.15, -0.1) is 11.8 Å². The molecule has 184 valence electrons. The van der Waals surface area contributed by atoms with E-state index in [0.717, 1.165) is 46.6 Å². The molecular formula is C23H26FN7O3S. The molecule has 0 saturated carbocycles. The zero-order valence-electron chi connectivity index (χ0n) is 19.7. The Morgan fingerprint density at radius 1 is 1.34 bits per heavy atom. The fourth-order valence-electron chi connectivity index (χ4n) is 4.44. The van der Waals surface area contributed by atoms with Gasteiger partial charge in [-0.3, -0.25) is 15.2 Å². The van der Waals surface area contributed by atoms with E-state index in [4.69, 9.17) is 9.84 Å². The average molecular weight is 500 g/mol. The Balaban J connectivity index is 1.54. The third kappa shape index (κ3) is 4.67. The number of nitrogens with zero attached hydrogens (tertiary/aromatic N) is 6. The maximum atomic E-state index is 13.2. The summed E-state index contributed by atoms with van der Waals surface area (Å²) in [4.78, 5) is 26.9. The van der Waals surface area contributed by atoms with E-state index >= 15 is 0 Å². The fourth-order valence-corrected chi connectivity index (χ4v) is 5.48. The highest BCUT2D eigenvalue weighted by Crippen LogP contribution is 2.36. The normalized spacial score (nSPS) is 16.1. The van der Waals surface area contributed by atoms with Gasteiger partial charge in [0.15, 0.2) is 5.65 Å². The molecule has 0 atom stereocenters. The summed E-state index contributed by atoms with van der Waals surface area (Å²) in [6.07, 6.45) is 2.66. The number of nitrogens with one attached hydrogen (secondary N) is 1. The molecule has 0 spiro atoms. The summed E-state index contributed by atoms with van der Waals surface area (Å²) in [5.41, 5.74) is 5.07. The van der Waals surface area contributed by atoms with Crippen molar-refractivity contribution in [2.24, 2.45) is 0 Å². The first-order valence-corrected chi connectivity index (χ1v) is 12.3. The number of anilines is 1. The summed E-state index contributed by atoms with van der Waals surface area (Å²) in [5, 5.41) is 17.8. The van der Waals surface area contributed by atoms with E-state index < -0.39 is 12.3 Å². The van der Waals surface area contributed by atoms with Crippen LogP contribution in [0.1, 0.15) is 28.9 Å². The Morgan fingerprint density at radius 2 is 2.14 bits per heavy atom. The molecule has 35 heavy (non-hydrogen) atoms. The third-order valence-corrected chi connectivity index (χ3v) is 7.33. The number of ether oxygens (including phenoxy) is 1. The van der Waals surface area contributed by atoms with E-state index in [1.807, 2.05) is 13.8 Å². The lowest BCUT2D eigenvalue weighted by molar-refractivity contribution is 0.0671. The Kier molecular flexibility index (Phi) is 6.32. The van der Waals surface area contributed by atoms with E-state index in [9.17, 15) is 14.3 Å². The van der Waals surface area contributed by atoms with Gasteiger partial charge in [0.2, 0.25) is 5.95 Å². The predicted molar refractivity (Wildman–Crippen MR) is 131 cm³/mol. The van der Waals surface area contributed by atoms with Crippen molar-refractivity contribution in [2.75, 3.05) is 37.8 Å². The number of pyridine rings is 1. The molecule has 0 unspecified atom stereocenters. The van der Waals surface area contributed by atoms with Gasteiger partial charge in [-0.25, -0.2) is 18.9 Å². The van der Waals surface area contributed by atoms with Crippen LogP contribution >= 0.6 is 11.8 Å². The average Bonchev–Trinajstić information content (AvgIpc) is 3.01. The lowest BCUT2D eigenvalue weighted by Gasteiger charge is -2.34. The summed E-state index contributed by atoms with van der Waals surface area (Å²) in [7, 11) is 1.63. The number of hydrogen-bond acceptors (Lipinski definition) is 8. The zero-order chi connectivity index (χ0) is 24.7. The zero-order valence-corrected chi connectivity index (χ0v) is 20.5. The minimum atomic E-state index is -1.23. The molecule has 0 aromatic carbocycles.